The molecule has 0 aliphatic heterocycles. The highest BCUT2D eigenvalue weighted by Gasteiger charge is 2.20. The maximum absolute atomic E-state index is 12.2. The van der Waals surface area contributed by atoms with Crippen LogP contribution in [-0.2, 0) is 0 Å². The lowest BCUT2D eigenvalue weighted by Crippen LogP contribution is -2.32. The van der Waals surface area contributed by atoms with E-state index in [1.54, 1.807) is 36.4 Å². The summed E-state index contributed by atoms with van der Waals surface area (Å²) in [6.45, 7) is 0. The van der Waals surface area contributed by atoms with Crippen molar-refractivity contribution >= 4 is 11.4 Å². The molecule has 1 aliphatic rings. The normalized spacial score (nSPS) is 18.2. The van der Waals surface area contributed by atoms with Crippen LogP contribution in [0.25, 0.3) is 0 Å². The molecule has 0 bridgehead atoms. The number of hydrogen-bond donors (Lipinski definition) is 3. The highest BCUT2D eigenvalue weighted by atomic mass is 16.5. The van der Waals surface area contributed by atoms with Crippen molar-refractivity contribution in [3.05, 3.63) is 93.8 Å². The van der Waals surface area contributed by atoms with Crippen molar-refractivity contribution in [2.24, 2.45) is 0 Å². The van der Waals surface area contributed by atoms with Crippen LogP contribution in [0.1, 0.15) is 12.5 Å². The number of aromatic amines is 1. The average molecular weight is 377 g/mol. The molecule has 7 nitrogen and oxygen atoms in total. The molecule has 3 aromatic rings. The van der Waals surface area contributed by atoms with Gasteiger partial charge in [-0.3, -0.25) is 14.3 Å². The summed E-state index contributed by atoms with van der Waals surface area (Å²) in [5.74, 6) is 1.40. The molecule has 0 saturated heterocycles. The van der Waals surface area contributed by atoms with E-state index in [-0.39, 0.29) is 11.7 Å². The summed E-state index contributed by atoms with van der Waals surface area (Å²) in [6.07, 6.45) is 4.68. The fourth-order valence-electron chi connectivity index (χ4n) is 3.07. The lowest BCUT2D eigenvalue weighted by molar-refractivity contribution is 0.209. The number of nitrogens with zero attached hydrogens (tertiary/aromatic N) is 1. The van der Waals surface area contributed by atoms with Gasteiger partial charge in [0.05, 0.1) is 12.1 Å². The molecular weight excluding hydrogens is 358 g/mol. The molecule has 2 unspecified atom stereocenters. The summed E-state index contributed by atoms with van der Waals surface area (Å²) in [5, 5.41) is 12.7. The molecule has 0 fully saturated rings. The minimum Gasteiger partial charge on any atom is -0.457 e. The number of H-pyrrole nitrogens is 1. The van der Waals surface area contributed by atoms with Crippen molar-refractivity contribution < 1.29 is 9.84 Å². The Morgan fingerprint density at radius 1 is 1.00 bits per heavy atom. The zero-order chi connectivity index (χ0) is 19.5. The summed E-state index contributed by atoms with van der Waals surface area (Å²) in [6, 6.07) is 16.3. The quantitative estimate of drug-likeness (QED) is 0.594. The molecular formula is C21H19N3O4. The molecule has 2 atom stereocenters. The Labute approximate surface area is 160 Å². The minimum absolute atomic E-state index is 0.242. The van der Waals surface area contributed by atoms with Gasteiger partial charge in [-0.05, 0) is 36.4 Å². The molecule has 4 rings (SSSR count). The third-order valence-electron chi connectivity index (χ3n) is 4.48. The summed E-state index contributed by atoms with van der Waals surface area (Å²) in [5.41, 5.74) is -0.0940. The first-order valence-electron chi connectivity index (χ1n) is 8.90. The number of aliphatic hydroxyl groups excluding tert-OH is 1. The van der Waals surface area contributed by atoms with Crippen molar-refractivity contribution in [3.63, 3.8) is 0 Å². The van der Waals surface area contributed by atoms with Crippen LogP contribution in [0.2, 0.25) is 0 Å². The third-order valence-corrected chi connectivity index (χ3v) is 4.48. The maximum Gasteiger partial charge on any atom is 0.328 e. The summed E-state index contributed by atoms with van der Waals surface area (Å²) in [7, 11) is 0. The molecule has 3 N–H and O–H groups in total. The molecule has 0 saturated carbocycles. The standard InChI is InChI=1S/C21H19N3O4/c25-16-9-8-15(12-16)24-13-19(20(26)23-21(24)27)22-14-6-10-18(11-7-14)28-17-4-2-1-3-5-17/h1-11,13,15-16,22,25H,12H2,(H,23,26,27). The molecule has 0 spiro atoms. The van der Waals surface area contributed by atoms with Gasteiger partial charge in [0.25, 0.3) is 5.56 Å². The van der Waals surface area contributed by atoms with Gasteiger partial charge in [0.1, 0.15) is 17.2 Å². The Morgan fingerprint density at radius 2 is 1.71 bits per heavy atom. The second-order valence-corrected chi connectivity index (χ2v) is 6.53. The first-order valence-corrected chi connectivity index (χ1v) is 8.90. The first kappa shape index (κ1) is 17.8. The van der Waals surface area contributed by atoms with Crippen LogP contribution in [0.15, 0.2) is 82.5 Å². The number of aromatic nitrogens is 2. The van der Waals surface area contributed by atoms with Crippen LogP contribution in [0.3, 0.4) is 0 Å². The molecule has 1 aromatic heterocycles. The van der Waals surface area contributed by atoms with Gasteiger partial charge < -0.3 is 15.2 Å². The van der Waals surface area contributed by atoms with Crippen LogP contribution in [0.4, 0.5) is 11.4 Å². The van der Waals surface area contributed by atoms with Crippen LogP contribution in [-0.4, -0.2) is 20.8 Å². The molecule has 1 heterocycles. The molecule has 142 valence electrons. The highest BCUT2D eigenvalue weighted by Crippen LogP contribution is 2.25. The van der Waals surface area contributed by atoms with E-state index in [4.69, 9.17) is 4.74 Å². The predicted octanol–water partition coefficient (Wildman–Crippen LogP) is 2.93. The van der Waals surface area contributed by atoms with E-state index in [1.165, 1.54) is 10.8 Å². The van der Waals surface area contributed by atoms with Crippen molar-refractivity contribution in [2.75, 3.05) is 5.32 Å². The lowest BCUT2D eigenvalue weighted by atomic mass is 10.2. The SMILES string of the molecule is O=c1[nH]c(=O)n(C2C=CC(O)C2)cc1Nc1ccc(Oc2ccccc2)cc1. The number of para-hydroxylation sites is 1. The number of allylic oxidation sites excluding steroid dienone is 1. The van der Waals surface area contributed by atoms with Gasteiger partial charge in [0.15, 0.2) is 0 Å². The number of hydrogen-bond acceptors (Lipinski definition) is 5. The smallest absolute Gasteiger partial charge is 0.328 e. The Morgan fingerprint density at radius 3 is 2.39 bits per heavy atom. The van der Waals surface area contributed by atoms with Gasteiger partial charge in [-0.2, -0.15) is 0 Å². The van der Waals surface area contributed by atoms with E-state index >= 15 is 0 Å². The van der Waals surface area contributed by atoms with E-state index < -0.39 is 17.4 Å². The number of anilines is 2. The number of ether oxygens (including phenoxy) is 1. The molecule has 0 amide bonds. The van der Waals surface area contributed by atoms with Crippen molar-refractivity contribution in [2.45, 2.75) is 18.6 Å². The monoisotopic (exact) mass is 377 g/mol. The summed E-state index contributed by atoms with van der Waals surface area (Å²) >= 11 is 0. The summed E-state index contributed by atoms with van der Waals surface area (Å²) in [4.78, 5) is 26.6. The van der Waals surface area contributed by atoms with Gasteiger partial charge in [-0.15, -0.1) is 0 Å². The zero-order valence-electron chi connectivity index (χ0n) is 14.9. The maximum atomic E-state index is 12.2. The zero-order valence-corrected chi connectivity index (χ0v) is 14.9. The van der Waals surface area contributed by atoms with Crippen molar-refractivity contribution in [3.8, 4) is 11.5 Å². The number of benzene rings is 2. The molecule has 1 aliphatic carbocycles. The average Bonchev–Trinajstić information content (AvgIpc) is 3.12. The van der Waals surface area contributed by atoms with Crippen LogP contribution in [0.5, 0.6) is 11.5 Å². The largest absolute Gasteiger partial charge is 0.457 e. The van der Waals surface area contributed by atoms with Crippen LogP contribution >= 0.6 is 0 Å². The fraction of sp³-hybridized carbons (Fsp3) is 0.143. The van der Waals surface area contributed by atoms with E-state index in [1.807, 2.05) is 30.3 Å². The molecule has 0 radical (unpaired) electrons. The Kier molecular flexibility index (Phi) is 4.82. The number of aliphatic hydroxyl groups is 1. The molecule has 28 heavy (non-hydrogen) atoms. The number of nitrogens with one attached hydrogen (secondary N) is 2. The first-order chi connectivity index (χ1) is 13.6. The predicted molar refractivity (Wildman–Crippen MR) is 106 cm³/mol. The molecule has 2 aromatic carbocycles. The summed E-state index contributed by atoms with van der Waals surface area (Å²) < 4.78 is 7.15. The Balaban J connectivity index is 1.53. The second-order valence-electron chi connectivity index (χ2n) is 6.53. The van der Waals surface area contributed by atoms with Crippen molar-refractivity contribution in [1.29, 1.82) is 0 Å². The minimum atomic E-state index is -0.586. The second kappa shape index (κ2) is 7.58. The van der Waals surface area contributed by atoms with Crippen molar-refractivity contribution in [1.82, 2.24) is 9.55 Å². The number of rotatable bonds is 5. The topological polar surface area (TPSA) is 96.4 Å². The lowest BCUT2D eigenvalue weighted by Gasteiger charge is -2.14. The molecule has 7 heteroatoms. The van der Waals surface area contributed by atoms with E-state index in [0.717, 1.165) is 5.75 Å². The van der Waals surface area contributed by atoms with Crippen LogP contribution in [0, 0.1) is 0 Å². The highest BCUT2D eigenvalue weighted by molar-refractivity contribution is 5.58. The third kappa shape index (κ3) is 3.89. The van der Waals surface area contributed by atoms with Crippen LogP contribution < -0.4 is 21.3 Å². The Bertz CT molecular complexity index is 1100. The van der Waals surface area contributed by atoms with Gasteiger partial charge in [0.2, 0.25) is 0 Å². The van der Waals surface area contributed by atoms with Gasteiger partial charge in [-0.25, -0.2) is 4.79 Å². The van der Waals surface area contributed by atoms with E-state index in [0.29, 0.717) is 17.9 Å². The van der Waals surface area contributed by atoms with E-state index in [9.17, 15) is 14.7 Å². The Hall–Kier alpha value is -3.58. The van der Waals surface area contributed by atoms with Gasteiger partial charge in [0, 0.05) is 18.3 Å². The van der Waals surface area contributed by atoms with E-state index in [2.05, 4.69) is 10.3 Å². The fourth-order valence-corrected chi connectivity index (χ4v) is 3.07. The van der Waals surface area contributed by atoms with Gasteiger partial charge >= 0.3 is 5.69 Å². The van der Waals surface area contributed by atoms with Gasteiger partial charge in [-0.1, -0.05) is 30.4 Å².